The Kier molecular flexibility index (Phi) is 8.13. The topological polar surface area (TPSA) is 75.3 Å². The molecule has 2 heterocycles. The van der Waals surface area contributed by atoms with Crippen molar-refractivity contribution in [2.75, 3.05) is 0 Å². The quantitative estimate of drug-likeness (QED) is 0.170. The molecule has 0 fully saturated rings. The number of rotatable bonds is 6. The van der Waals surface area contributed by atoms with Crippen molar-refractivity contribution in [1.29, 1.82) is 5.26 Å². The van der Waals surface area contributed by atoms with Crippen LogP contribution >= 0.6 is 0 Å². The van der Waals surface area contributed by atoms with Gasteiger partial charge in [0.25, 0.3) is 0 Å². The maximum Gasteiger partial charge on any atom is 0.164 e. The van der Waals surface area contributed by atoms with E-state index in [1.54, 1.807) is 6.20 Å². The predicted octanol–water partition coefficient (Wildman–Crippen LogP) is 12.6. The lowest BCUT2D eigenvalue weighted by Crippen LogP contribution is -2.15. The second-order valence-corrected chi connectivity index (χ2v) is 15.1. The largest absolute Gasteiger partial charge is 0.264 e. The molecule has 0 bridgehead atoms. The standard InChI is InChI=1S/C52H35N5/c1-52(2)47-30-39(22-23-44(47)45-24-21-36-16-15-33(31-53)26-46(36)48(45)52)41-27-42(40-14-9-25-54-32-40)29-43(28-41)51-56-49(37-12-7-4-8-13-37)55-50(57-51)38-19-17-35(18-20-38)34-10-5-3-6-11-34/h3-30,32H,1-2H3. The zero-order valence-electron chi connectivity index (χ0n) is 31.5. The summed E-state index contributed by atoms with van der Waals surface area (Å²) in [7, 11) is 0. The van der Waals surface area contributed by atoms with E-state index in [0.717, 1.165) is 60.8 Å². The molecule has 0 saturated heterocycles. The molecule has 10 rings (SSSR count). The fraction of sp³-hybridized carbons (Fsp3) is 0.0577. The molecule has 0 aliphatic heterocycles. The van der Waals surface area contributed by atoms with Crippen LogP contribution in [0.5, 0.6) is 0 Å². The molecular weight excluding hydrogens is 695 g/mol. The van der Waals surface area contributed by atoms with Crippen LogP contribution in [0.15, 0.2) is 176 Å². The molecule has 0 amide bonds. The van der Waals surface area contributed by atoms with Crippen LogP contribution in [0.2, 0.25) is 0 Å². The maximum absolute atomic E-state index is 9.75. The maximum atomic E-state index is 9.75. The minimum atomic E-state index is -0.290. The third kappa shape index (κ3) is 6.05. The minimum Gasteiger partial charge on any atom is -0.264 e. The number of fused-ring (bicyclic) bond motifs is 5. The van der Waals surface area contributed by atoms with Crippen molar-refractivity contribution in [3.63, 3.8) is 0 Å². The Morgan fingerprint density at radius 3 is 1.68 bits per heavy atom. The average Bonchev–Trinajstić information content (AvgIpc) is 3.52. The number of nitrogens with zero attached hydrogens (tertiary/aromatic N) is 5. The number of hydrogen-bond acceptors (Lipinski definition) is 5. The Bertz CT molecular complexity index is 3020. The second-order valence-electron chi connectivity index (χ2n) is 15.1. The van der Waals surface area contributed by atoms with Gasteiger partial charge in [-0.2, -0.15) is 5.26 Å². The van der Waals surface area contributed by atoms with Crippen LogP contribution < -0.4 is 0 Å². The molecule has 9 aromatic rings. The van der Waals surface area contributed by atoms with Crippen molar-refractivity contribution < 1.29 is 0 Å². The highest BCUT2D eigenvalue weighted by Crippen LogP contribution is 2.52. The van der Waals surface area contributed by atoms with Gasteiger partial charge >= 0.3 is 0 Å². The van der Waals surface area contributed by atoms with E-state index >= 15 is 0 Å². The molecule has 57 heavy (non-hydrogen) atoms. The summed E-state index contributed by atoms with van der Waals surface area (Å²) in [6, 6.07) is 59.0. The lowest BCUT2D eigenvalue weighted by Gasteiger charge is -2.24. The van der Waals surface area contributed by atoms with E-state index in [0.29, 0.717) is 23.0 Å². The summed E-state index contributed by atoms with van der Waals surface area (Å²) in [5, 5.41) is 12.0. The Balaban J connectivity index is 1.13. The van der Waals surface area contributed by atoms with Crippen molar-refractivity contribution in [3.8, 4) is 84.7 Å². The smallest absolute Gasteiger partial charge is 0.164 e. The van der Waals surface area contributed by atoms with E-state index in [4.69, 9.17) is 15.0 Å². The normalized spacial score (nSPS) is 12.5. The van der Waals surface area contributed by atoms with E-state index in [2.05, 4.69) is 134 Å². The molecule has 0 radical (unpaired) electrons. The van der Waals surface area contributed by atoms with Crippen LogP contribution in [0.1, 0.15) is 30.5 Å². The number of aromatic nitrogens is 4. The number of nitriles is 1. The van der Waals surface area contributed by atoms with Gasteiger partial charge in [-0.15, -0.1) is 0 Å². The zero-order valence-corrected chi connectivity index (χ0v) is 31.5. The molecule has 5 nitrogen and oxygen atoms in total. The third-order valence-corrected chi connectivity index (χ3v) is 11.2. The van der Waals surface area contributed by atoms with E-state index in [1.807, 2.05) is 60.8 Å². The van der Waals surface area contributed by atoms with E-state index in [1.165, 1.54) is 22.3 Å². The van der Waals surface area contributed by atoms with Crippen molar-refractivity contribution in [2.24, 2.45) is 0 Å². The van der Waals surface area contributed by atoms with Gasteiger partial charge in [-0.05, 0) is 103 Å². The van der Waals surface area contributed by atoms with Gasteiger partial charge in [-0.1, -0.05) is 135 Å². The Morgan fingerprint density at radius 1 is 0.456 bits per heavy atom. The highest BCUT2D eigenvalue weighted by Gasteiger charge is 2.37. The van der Waals surface area contributed by atoms with Gasteiger partial charge in [0.2, 0.25) is 0 Å². The summed E-state index contributed by atoms with van der Waals surface area (Å²) in [6.45, 7) is 4.59. The fourth-order valence-electron chi connectivity index (χ4n) is 8.31. The molecule has 1 aliphatic carbocycles. The average molecular weight is 730 g/mol. The summed E-state index contributed by atoms with van der Waals surface area (Å²) >= 11 is 0. The lowest BCUT2D eigenvalue weighted by molar-refractivity contribution is 0.666. The Labute approximate surface area is 331 Å². The molecular formula is C52H35N5. The van der Waals surface area contributed by atoms with Gasteiger partial charge in [0.05, 0.1) is 11.6 Å². The van der Waals surface area contributed by atoms with Gasteiger partial charge in [0.1, 0.15) is 0 Å². The summed E-state index contributed by atoms with van der Waals surface area (Å²) in [5.74, 6) is 1.81. The third-order valence-electron chi connectivity index (χ3n) is 11.2. The Morgan fingerprint density at radius 2 is 1.00 bits per heavy atom. The van der Waals surface area contributed by atoms with Crippen molar-refractivity contribution >= 4 is 10.8 Å². The van der Waals surface area contributed by atoms with Crippen molar-refractivity contribution in [2.45, 2.75) is 19.3 Å². The number of hydrogen-bond donors (Lipinski definition) is 0. The van der Waals surface area contributed by atoms with Crippen LogP contribution in [0.3, 0.4) is 0 Å². The van der Waals surface area contributed by atoms with Gasteiger partial charge in [0, 0.05) is 40.1 Å². The first-order valence-electron chi connectivity index (χ1n) is 19.1. The molecule has 0 atom stereocenters. The molecule has 2 aromatic heterocycles. The summed E-state index contributed by atoms with van der Waals surface area (Å²) in [4.78, 5) is 19.8. The number of benzene rings is 7. The fourth-order valence-corrected chi connectivity index (χ4v) is 8.31. The Hall–Kier alpha value is -7.55. The highest BCUT2D eigenvalue weighted by atomic mass is 15.0. The number of pyridine rings is 1. The van der Waals surface area contributed by atoms with Gasteiger partial charge in [-0.3, -0.25) is 4.98 Å². The highest BCUT2D eigenvalue weighted by molar-refractivity contribution is 5.98. The summed E-state index contributed by atoms with van der Waals surface area (Å²) < 4.78 is 0. The zero-order chi connectivity index (χ0) is 38.5. The van der Waals surface area contributed by atoms with Gasteiger partial charge < -0.3 is 0 Å². The lowest BCUT2D eigenvalue weighted by atomic mass is 9.79. The second kappa shape index (κ2) is 13.6. The van der Waals surface area contributed by atoms with E-state index in [-0.39, 0.29) is 5.41 Å². The SMILES string of the molecule is CC1(C)c2cc(-c3cc(-c4cccnc4)cc(-c4nc(-c5ccccc5)nc(-c5ccc(-c6ccccc6)cc5)n4)c3)ccc2-c2ccc3ccc(C#N)cc3c21. The molecule has 5 heteroatoms. The molecule has 0 saturated carbocycles. The first-order chi connectivity index (χ1) is 27.9. The first kappa shape index (κ1) is 34.0. The van der Waals surface area contributed by atoms with E-state index in [9.17, 15) is 5.26 Å². The van der Waals surface area contributed by atoms with Crippen LogP contribution in [0, 0.1) is 11.3 Å². The monoisotopic (exact) mass is 729 g/mol. The van der Waals surface area contributed by atoms with Crippen LogP contribution in [-0.4, -0.2) is 19.9 Å². The van der Waals surface area contributed by atoms with Crippen molar-refractivity contribution in [3.05, 3.63) is 193 Å². The molecule has 0 unspecified atom stereocenters. The van der Waals surface area contributed by atoms with Gasteiger partial charge in [-0.25, -0.2) is 15.0 Å². The summed E-state index contributed by atoms with van der Waals surface area (Å²) in [6.07, 6.45) is 3.69. The molecule has 0 N–H and O–H groups in total. The van der Waals surface area contributed by atoms with Crippen molar-refractivity contribution in [1.82, 2.24) is 19.9 Å². The minimum absolute atomic E-state index is 0.290. The molecule has 7 aromatic carbocycles. The van der Waals surface area contributed by atoms with Crippen LogP contribution in [0.25, 0.3) is 89.4 Å². The first-order valence-corrected chi connectivity index (χ1v) is 19.1. The van der Waals surface area contributed by atoms with Crippen LogP contribution in [-0.2, 0) is 5.41 Å². The molecule has 1 aliphatic rings. The van der Waals surface area contributed by atoms with Gasteiger partial charge in [0.15, 0.2) is 17.5 Å². The summed E-state index contributed by atoms with van der Waals surface area (Å²) in [5.41, 5.74) is 14.5. The molecule has 0 spiro atoms. The molecule has 268 valence electrons. The van der Waals surface area contributed by atoms with E-state index < -0.39 is 0 Å². The predicted molar refractivity (Wildman–Crippen MR) is 230 cm³/mol. The van der Waals surface area contributed by atoms with Crippen LogP contribution in [0.4, 0.5) is 0 Å².